The fraction of sp³-hybridized carbons (Fsp3) is 0. The standard InChI is InChI=1S/C44H28/c1-2-13-31-27-34(24-23-29(31)11-1)44-41-19-7-5-17-39(41)43(40-18-6-8-20-42(40)44)33-15-9-14-32(28-33)36-21-10-22-37-35-16-4-3-12-30(35)25-26-38(36)37/h1-28H/i1D,2D,3D,4D,5D,6D,7D,8D,9D,10D,11D,12D,13D,14D,15D,16D,17D,19D,20D,21D,22D,23D,24D,25D,26D,27D,28D. The molecule has 0 aromatic heterocycles. The van der Waals surface area contributed by atoms with E-state index in [1.165, 1.54) is 0 Å². The molecule has 0 bridgehead atoms. The third-order valence-corrected chi connectivity index (χ3v) is 7.20. The molecule has 0 spiro atoms. The maximum Gasteiger partial charge on any atom is 0.0636 e. The van der Waals surface area contributed by atoms with E-state index in [0.29, 0.717) is 0 Å². The molecule has 0 fully saturated rings. The van der Waals surface area contributed by atoms with E-state index in [2.05, 4.69) is 0 Å². The highest BCUT2D eigenvalue weighted by atomic mass is 14.2. The Balaban J connectivity index is 1.59. The molecular weight excluding hydrogens is 528 g/mol. The lowest BCUT2D eigenvalue weighted by Gasteiger charge is -2.18. The van der Waals surface area contributed by atoms with Crippen LogP contribution in [0.3, 0.4) is 0 Å². The lowest BCUT2D eigenvalue weighted by molar-refractivity contribution is 1.64. The zero-order chi connectivity index (χ0) is 52.5. The van der Waals surface area contributed by atoms with Crippen LogP contribution in [0, 0.1) is 0 Å². The number of benzene rings is 9. The Labute approximate surface area is 294 Å². The van der Waals surface area contributed by atoms with Crippen LogP contribution in [0.4, 0.5) is 0 Å². The molecule has 0 saturated heterocycles. The Morgan fingerprint density at radius 2 is 0.864 bits per heavy atom. The molecule has 0 heteroatoms. The monoisotopic (exact) mass is 583 g/mol. The second-order valence-electron chi connectivity index (χ2n) is 9.58. The van der Waals surface area contributed by atoms with Crippen LogP contribution in [-0.4, -0.2) is 0 Å². The molecule has 0 N–H and O–H groups in total. The van der Waals surface area contributed by atoms with Crippen molar-refractivity contribution in [2.24, 2.45) is 0 Å². The minimum atomic E-state index is -1.05. The van der Waals surface area contributed by atoms with Gasteiger partial charge in [-0.2, -0.15) is 0 Å². The average Bonchev–Trinajstić information content (AvgIpc) is 3.33. The second kappa shape index (κ2) is 9.93. The zero-order valence-electron chi connectivity index (χ0n) is 49.1. The van der Waals surface area contributed by atoms with Crippen molar-refractivity contribution in [3.8, 4) is 33.4 Å². The summed E-state index contributed by atoms with van der Waals surface area (Å²) in [6.45, 7) is 0. The second-order valence-corrected chi connectivity index (χ2v) is 9.58. The predicted molar refractivity (Wildman–Crippen MR) is 190 cm³/mol. The highest BCUT2D eigenvalue weighted by Crippen LogP contribution is 2.45. The van der Waals surface area contributed by atoms with Gasteiger partial charge < -0.3 is 0 Å². The number of rotatable bonds is 3. The molecule has 0 atom stereocenters. The quantitative estimate of drug-likeness (QED) is 0.143. The average molecular weight is 584 g/mol. The molecule has 0 aliphatic rings. The van der Waals surface area contributed by atoms with Gasteiger partial charge in [-0.25, -0.2) is 0 Å². The molecule has 0 radical (unpaired) electrons. The third kappa shape index (κ3) is 3.85. The fourth-order valence-corrected chi connectivity index (χ4v) is 5.32. The summed E-state index contributed by atoms with van der Waals surface area (Å²) in [5.41, 5.74) is -4.34. The van der Waals surface area contributed by atoms with Gasteiger partial charge >= 0.3 is 0 Å². The van der Waals surface area contributed by atoms with Gasteiger partial charge in [0.15, 0.2) is 0 Å². The number of hydrogen-bond acceptors (Lipinski definition) is 0. The Hall–Kier alpha value is -5.72. The Kier molecular flexibility index (Phi) is 2.24. The van der Waals surface area contributed by atoms with Gasteiger partial charge in [-0.1, -0.05) is 157 Å². The lowest BCUT2D eigenvalue weighted by atomic mass is 9.85. The molecular formula is C44H28. The SMILES string of the molecule is [2H]c1cc2c(-c3c([2H])c([2H])c([2H])c(-c4c([2H])c([2H])c([2H])c5c4c([2H])c([2H])c4c([2H])c([2H])c([2H])c([2H])c45)c3[2H])c3c([2H])c([2H])c([2H])c([2H])c3c(-c3c([2H])c([2H])c4c([2H])c([2H])c([2H])c([2H])c4c3[2H])c2c([2H])c1[2H]. The summed E-state index contributed by atoms with van der Waals surface area (Å²) in [6, 6.07) is -23.1. The van der Waals surface area contributed by atoms with Gasteiger partial charge in [-0.15, -0.1) is 0 Å². The van der Waals surface area contributed by atoms with Crippen molar-refractivity contribution < 1.29 is 37.0 Å². The largest absolute Gasteiger partial charge is 0.0636 e. The van der Waals surface area contributed by atoms with E-state index >= 15 is 0 Å². The highest BCUT2D eigenvalue weighted by molar-refractivity contribution is 6.22. The van der Waals surface area contributed by atoms with Gasteiger partial charge in [0.05, 0.1) is 37.0 Å². The van der Waals surface area contributed by atoms with Gasteiger partial charge in [0.1, 0.15) is 0 Å². The van der Waals surface area contributed by atoms with Crippen LogP contribution in [0.2, 0.25) is 0 Å². The van der Waals surface area contributed by atoms with Crippen LogP contribution in [0.25, 0.3) is 87.2 Å². The molecule has 0 saturated carbocycles. The van der Waals surface area contributed by atoms with E-state index in [1.54, 1.807) is 0 Å². The Bertz CT molecular complexity index is 4070. The summed E-state index contributed by atoms with van der Waals surface area (Å²) >= 11 is 0. The van der Waals surface area contributed by atoms with Crippen molar-refractivity contribution in [2.75, 3.05) is 0 Å². The van der Waals surface area contributed by atoms with E-state index in [-0.39, 0.29) is 0 Å². The molecule has 0 aliphatic heterocycles. The third-order valence-electron chi connectivity index (χ3n) is 7.20. The van der Waals surface area contributed by atoms with Gasteiger partial charge in [0, 0.05) is 0 Å². The molecule has 0 amide bonds. The molecule has 204 valence electrons. The zero-order valence-corrected chi connectivity index (χ0v) is 22.1. The topological polar surface area (TPSA) is 0 Å². The van der Waals surface area contributed by atoms with E-state index in [1.807, 2.05) is 0 Å². The molecule has 0 heterocycles. The highest BCUT2D eigenvalue weighted by Gasteiger charge is 2.17. The summed E-state index contributed by atoms with van der Waals surface area (Å²) in [5.74, 6) is 0. The van der Waals surface area contributed by atoms with Crippen LogP contribution in [-0.2, 0) is 0 Å². The number of fused-ring (bicyclic) bond motifs is 6. The summed E-state index contributed by atoms with van der Waals surface area (Å²) in [7, 11) is 0. The molecule has 0 nitrogen and oxygen atoms in total. The first-order chi connectivity index (χ1) is 33.1. The molecule has 0 aliphatic carbocycles. The van der Waals surface area contributed by atoms with E-state index < -0.39 is 250 Å². The first kappa shape index (κ1) is 9.91. The van der Waals surface area contributed by atoms with Gasteiger partial charge in [-0.3, -0.25) is 0 Å². The molecule has 9 rings (SSSR count). The summed E-state index contributed by atoms with van der Waals surface area (Å²) in [4.78, 5) is 0. The predicted octanol–water partition coefficient (Wildman–Crippen LogP) is 12.5. The van der Waals surface area contributed by atoms with E-state index in [9.17, 15) is 15.1 Å². The maximum atomic E-state index is 9.90. The van der Waals surface area contributed by atoms with Crippen LogP contribution in [0.1, 0.15) is 37.0 Å². The van der Waals surface area contributed by atoms with Crippen LogP contribution >= 0.6 is 0 Å². The van der Waals surface area contributed by atoms with Crippen molar-refractivity contribution in [2.45, 2.75) is 0 Å². The van der Waals surface area contributed by atoms with E-state index in [4.69, 9.17) is 21.9 Å². The Morgan fingerprint density at radius 1 is 0.295 bits per heavy atom. The minimum Gasteiger partial charge on any atom is -0.0616 e. The maximum absolute atomic E-state index is 9.90. The first-order valence-electron chi connectivity index (χ1n) is 26.6. The normalized spacial score (nSPS) is 20.2. The van der Waals surface area contributed by atoms with Crippen molar-refractivity contribution in [1.29, 1.82) is 0 Å². The molecule has 9 aromatic rings. The summed E-state index contributed by atoms with van der Waals surface area (Å²) in [6.07, 6.45) is 0. The van der Waals surface area contributed by atoms with Crippen molar-refractivity contribution in [3.63, 3.8) is 0 Å². The van der Waals surface area contributed by atoms with Crippen molar-refractivity contribution in [3.05, 3.63) is 169 Å². The van der Waals surface area contributed by atoms with Gasteiger partial charge in [0.2, 0.25) is 0 Å². The first-order valence-corrected chi connectivity index (χ1v) is 13.1. The summed E-state index contributed by atoms with van der Waals surface area (Å²) < 4.78 is 242. The fourth-order valence-electron chi connectivity index (χ4n) is 5.32. The Morgan fingerprint density at radius 3 is 1.70 bits per heavy atom. The lowest BCUT2D eigenvalue weighted by Crippen LogP contribution is -1.91. The van der Waals surface area contributed by atoms with E-state index in [0.717, 1.165) is 6.07 Å². The van der Waals surface area contributed by atoms with Crippen molar-refractivity contribution >= 4 is 53.9 Å². The van der Waals surface area contributed by atoms with Gasteiger partial charge in [-0.05, 0) is 99.3 Å². The van der Waals surface area contributed by atoms with Crippen LogP contribution < -0.4 is 0 Å². The molecule has 44 heavy (non-hydrogen) atoms. The summed E-state index contributed by atoms with van der Waals surface area (Å²) in [5, 5.41) is -5.83. The van der Waals surface area contributed by atoms with Crippen LogP contribution in [0.5, 0.6) is 0 Å². The molecule has 9 aromatic carbocycles. The number of hydrogen-bond donors (Lipinski definition) is 0. The minimum absolute atomic E-state index is 0.496. The molecule has 0 unspecified atom stereocenters. The smallest absolute Gasteiger partial charge is 0.0616 e. The van der Waals surface area contributed by atoms with Gasteiger partial charge in [0.25, 0.3) is 0 Å². The van der Waals surface area contributed by atoms with Crippen LogP contribution in [0.15, 0.2) is 169 Å². The van der Waals surface area contributed by atoms with Crippen molar-refractivity contribution in [1.82, 2.24) is 0 Å².